The maximum absolute atomic E-state index is 5.75. The molecule has 0 amide bonds. The predicted octanol–water partition coefficient (Wildman–Crippen LogP) is 3.31. The number of hydrogen-bond donors (Lipinski definition) is 1. The molecule has 2 heteroatoms. The Hall–Kier alpha value is -1.96. The molecule has 0 aliphatic heterocycles. The van der Waals surface area contributed by atoms with Crippen molar-refractivity contribution in [1.29, 1.82) is 0 Å². The summed E-state index contributed by atoms with van der Waals surface area (Å²) < 4.78 is 5.75. The second-order valence-corrected chi connectivity index (χ2v) is 3.52. The van der Waals surface area contributed by atoms with Crippen molar-refractivity contribution < 1.29 is 4.74 Å². The first-order chi connectivity index (χ1) is 7.90. The molecule has 1 N–H and O–H groups in total. The number of benzene rings is 2. The van der Waals surface area contributed by atoms with Crippen LogP contribution in [0.3, 0.4) is 0 Å². The summed E-state index contributed by atoms with van der Waals surface area (Å²) in [6, 6.07) is 18.1. The lowest BCUT2D eigenvalue weighted by atomic mass is 10.2. The van der Waals surface area contributed by atoms with Crippen LogP contribution in [0, 0.1) is 0 Å². The van der Waals surface area contributed by atoms with E-state index in [2.05, 4.69) is 17.4 Å². The minimum absolute atomic E-state index is 0.597. The predicted molar refractivity (Wildman–Crippen MR) is 66.8 cm³/mol. The average molecular weight is 213 g/mol. The van der Waals surface area contributed by atoms with Gasteiger partial charge in [0.25, 0.3) is 0 Å². The van der Waals surface area contributed by atoms with Gasteiger partial charge >= 0.3 is 0 Å². The zero-order valence-electron chi connectivity index (χ0n) is 9.31. The minimum Gasteiger partial charge on any atom is -0.487 e. The lowest BCUT2D eigenvalue weighted by molar-refractivity contribution is 0.308. The fourth-order valence-electron chi connectivity index (χ4n) is 1.53. The first kappa shape index (κ1) is 10.6. The Labute approximate surface area is 95.9 Å². The standard InChI is InChI=1S/C14H15NO/c1-15-13-9-5-6-10-14(13)16-11-12-7-3-2-4-8-12/h2-10,15H,11H2,1H3. The van der Waals surface area contributed by atoms with Gasteiger partial charge in [-0.25, -0.2) is 0 Å². The number of rotatable bonds is 4. The van der Waals surface area contributed by atoms with Gasteiger partial charge in [-0.15, -0.1) is 0 Å². The molecule has 2 nitrogen and oxygen atoms in total. The van der Waals surface area contributed by atoms with Crippen LogP contribution in [0.4, 0.5) is 5.69 Å². The van der Waals surface area contributed by atoms with E-state index in [1.807, 2.05) is 49.5 Å². The number of para-hydroxylation sites is 2. The Bertz CT molecular complexity index is 439. The van der Waals surface area contributed by atoms with Gasteiger partial charge in [-0.3, -0.25) is 0 Å². The van der Waals surface area contributed by atoms with E-state index in [0.717, 1.165) is 11.4 Å². The van der Waals surface area contributed by atoms with Crippen molar-refractivity contribution in [3.63, 3.8) is 0 Å². The summed E-state index contributed by atoms with van der Waals surface area (Å²) in [4.78, 5) is 0. The van der Waals surface area contributed by atoms with Gasteiger partial charge in [-0.1, -0.05) is 42.5 Å². The van der Waals surface area contributed by atoms with Crippen molar-refractivity contribution in [1.82, 2.24) is 0 Å². The van der Waals surface area contributed by atoms with Gasteiger partial charge in [-0.05, 0) is 17.7 Å². The topological polar surface area (TPSA) is 21.3 Å². The molecule has 0 aromatic heterocycles. The molecule has 0 heterocycles. The molecule has 2 rings (SSSR count). The molecule has 0 saturated heterocycles. The minimum atomic E-state index is 0.597. The summed E-state index contributed by atoms with van der Waals surface area (Å²) in [6.07, 6.45) is 0. The van der Waals surface area contributed by atoms with Crippen molar-refractivity contribution in [3.8, 4) is 5.75 Å². The second-order valence-electron chi connectivity index (χ2n) is 3.52. The molecule has 0 fully saturated rings. The lowest BCUT2D eigenvalue weighted by Gasteiger charge is -2.10. The summed E-state index contributed by atoms with van der Waals surface area (Å²) in [5.41, 5.74) is 2.19. The molecule has 0 unspecified atom stereocenters. The summed E-state index contributed by atoms with van der Waals surface area (Å²) in [7, 11) is 1.89. The molecule has 82 valence electrons. The monoisotopic (exact) mass is 213 g/mol. The Morgan fingerprint density at radius 2 is 1.62 bits per heavy atom. The van der Waals surface area contributed by atoms with Crippen LogP contribution in [-0.2, 0) is 6.61 Å². The van der Waals surface area contributed by atoms with Gasteiger partial charge in [-0.2, -0.15) is 0 Å². The van der Waals surface area contributed by atoms with Crippen molar-refractivity contribution in [2.45, 2.75) is 6.61 Å². The van der Waals surface area contributed by atoms with Crippen LogP contribution in [0.1, 0.15) is 5.56 Å². The molecule has 0 saturated carbocycles. The van der Waals surface area contributed by atoms with E-state index in [4.69, 9.17) is 4.74 Å². The van der Waals surface area contributed by atoms with Crippen LogP contribution >= 0.6 is 0 Å². The highest BCUT2D eigenvalue weighted by Crippen LogP contribution is 2.23. The zero-order chi connectivity index (χ0) is 11.2. The molecule has 0 radical (unpaired) electrons. The van der Waals surface area contributed by atoms with E-state index >= 15 is 0 Å². The van der Waals surface area contributed by atoms with Crippen LogP contribution < -0.4 is 10.1 Å². The van der Waals surface area contributed by atoms with Gasteiger partial charge in [0.2, 0.25) is 0 Å². The Morgan fingerprint density at radius 1 is 0.938 bits per heavy atom. The largest absolute Gasteiger partial charge is 0.487 e. The van der Waals surface area contributed by atoms with Crippen LogP contribution in [0.5, 0.6) is 5.75 Å². The maximum Gasteiger partial charge on any atom is 0.142 e. The lowest BCUT2D eigenvalue weighted by Crippen LogP contribution is -1.98. The summed E-state index contributed by atoms with van der Waals surface area (Å²) in [6.45, 7) is 0.597. The van der Waals surface area contributed by atoms with Gasteiger partial charge < -0.3 is 10.1 Å². The Balaban J connectivity index is 2.05. The fourth-order valence-corrected chi connectivity index (χ4v) is 1.53. The van der Waals surface area contributed by atoms with Crippen LogP contribution in [0.25, 0.3) is 0 Å². The number of hydrogen-bond acceptors (Lipinski definition) is 2. The molecule has 0 aliphatic carbocycles. The third-order valence-corrected chi connectivity index (χ3v) is 2.39. The van der Waals surface area contributed by atoms with Crippen molar-refractivity contribution in [2.75, 3.05) is 12.4 Å². The third-order valence-electron chi connectivity index (χ3n) is 2.39. The fraction of sp³-hybridized carbons (Fsp3) is 0.143. The van der Waals surface area contributed by atoms with Crippen LogP contribution in [0.2, 0.25) is 0 Å². The smallest absolute Gasteiger partial charge is 0.142 e. The van der Waals surface area contributed by atoms with E-state index < -0.39 is 0 Å². The third kappa shape index (κ3) is 2.54. The van der Waals surface area contributed by atoms with Gasteiger partial charge in [0.05, 0.1) is 5.69 Å². The van der Waals surface area contributed by atoms with Crippen molar-refractivity contribution in [3.05, 3.63) is 60.2 Å². The number of anilines is 1. The van der Waals surface area contributed by atoms with E-state index in [9.17, 15) is 0 Å². The molecular formula is C14H15NO. The van der Waals surface area contributed by atoms with Crippen molar-refractivity contribution >= 4 is 5.69 Å². The molecule has 0 bridgehead atoms. The first-order valence-electron chi connectivity index (χ1n) is 5.33. The molecule has 0 atom stereocenters. The molecule has 0 aliphatic rings. The molecule has 0 spiro atoms. The molecule has 2 aromatic carbocycles. The molecule has 2 aromatic rings. The SMILES string of the molecule is CNc1ccccc1OCc1ccccc1. The molecular weight excluding hydrogens is 198 g/mol. The Kier molecular flexibility index (Phi) is 3.44. The Morgan fingerprint density at radius 3 is 2.38 bits per heavy atom. The average Bonchev–Trinajstić information content (AvgIpc) is 2.38. The van der Waals surface area contributed by atoms with Crippen LogP contribution in [-0.4, -0.2) is 7.05 Å². The normalized spacial score (nSPS) is 9.81. The maximum atomic E-state index is 5.75. The summed E-state index contributed by atoms with van der Waals surface area (Å²) in [5.74, 6) is 0.883. The molecule has 16 heavy (non-hydrogen) atoms. The number of nitrogens with one attached hydrogen (secondary N) is 1. The first-order valence-corrected chi connectivity index (χ1v) is 5.33. The summed E-state index contributed by atoms with van der Waals surface area (Å²) >= 11 is 0. The number of ether oxygens (including phenoxy) is 1. The van der Waals surface area contributed by atoms with E-state index in [1.165, 1.54) is 5.56 Å². The van der Waals surface area contributed by atoms with E-state index in [1.54, 1.807) is 0 Å². The summed E-state index contributed by atoms with van der Waals surface area (Å²) in [5, 5.41) is 3.11. The van der Waals surface area contributed by atoms with E-state index in [-0.39, 0.29) is 0 Å². The van der Waals surface area contributed by atoms with Crippen LogP contribution in [0.15, 0.2) is 54.6 Å². The highest BCUT2D eigenvalue weighted by molar-refractivity contribution is 5.55. The quantitative estimate of drug-likeness (QED) is 0.841. The van der Waals surface area contributed by atoms with Gasteiger partial charge in [0, 0.05) is 7.05 Å². The zero-order valence-corrected chi connectivity index (χ0v) is 9.31. The van der Waals surface area contributed by atoms with E-state index in [0.29, 0.717) is 6.61 Å². The van der Waals surface area contributed by atoms with Gasteiger partial charge in [0.1, 0.15) is 12.4 Å². The highest BCUT2D eigenvalue weighted by Gasteiger charge is 2.00. The second kappa shape index (κ2) is 5.21. The van der Waals surface area contributed by atoms with Gasteiger partial charge in [0.15, 0.2) is 0 Å². The van der Waals surface area contributed by atoms with Crippen molar-refractivity contribution in [2.24, 2.45) is 0 Å². The highest BCUT2D eigenvalue weighted by atomic mass is 16.5.